The number of thiazole rings is 1. The summed E-state index contributed by atoms with van der Waals surface area (Å²) >= 11 is 1.79. The molecule has 1 rings (SSSR count). The minimum atomic E-state index is 0.501. The Labute approximate surface area is 78.2 Å². The molecule has 1 aromatic rings. The van der Waals surface area contributed by atoms with E-state index in [1.807, 2.05) is 13.1 Å². The molecule has 3 heteroatoms. The number of rotatable bonds is 3. The van der Waals surface area contributed by atoms with Crippen molar-refractivity contribution in [1.29, 1.82) is 0 Å². The van der Waals surface area contributed by atoms with E-state index in [0.717, 1.165) is 11.6 Å². The zero-order valence-corrected chi connectivity index (χ0v) is 8.98. The summed E-state index contributed by atoms with van der Waals surface area (Å²) in [6.07, 6.45) is 1.98. The van der Waals surface area contributed by atoms with Crippen LogP contribution < -0.4 is 0 Å². The van der Waals surface area contributed by atoms with Crippen molar-refractivity contribution in [3.8, 4) is 0 Å². The number of nitrogens with zero attached hydrogens (tertiary/aromatic N) is 2. The third-order valence-corrected chi connectivity index (χ3v) is 3.29. The summed E-state index contributed by atoms with van der Waals surface area (Å²) in [6.45, 7) is 7.52. The first-order chi connectivity index (χ1) is 5.65. The first-order valence-corrected chi connectivity index (χ1v) is 5.09. The monoisotopic (exact) mass is 184 g/mol. The van der Waals surface area contributed by atoms with Gasteiger partial charge in [0.15, 0.2) is 0 Å². The van der Waals surface area contributed by atoms with Gasteiger partial charge in [0.1, 0.15) is 0 Å². The molecule has 0 amide bonds. The van der Waals surface area contributed by atoms with Crippen LogP contribution in [-0.2, 0) is 0 Å². The van der Waals surface area contributed by atoms with Gasteiger partial charge in [-0.2, -0.15) is 0 Å². The van der Waals surface area contributed by atoms with Gasteiger partial charge in [0.25, 0.3) is 0 Å². The molecule has 0 N–H and O–H groups in total. The Balaban J connectivity index is 2.70. The fourth-order valence-corrected chi connectivity index (χ4v) is 1.96. The average Bonchev–Trinajstić information content (AvgIpc) is 2.49. The van der Waals surface area contributed by atoms with Crippen LogP contribution >= 0.6 is 11.3 Å². The maximum Gasteiger partial charge on any atom is 0.0897 e. The van der Waals surface area contributed by atoms with Crippen LogP contribution in [0.15, 0.2) is 6.20 Å². The van der Waals surface area contributed by atoms with E-state index in [0.29, 0.717) is 6.04 Å². The fraction of sp³-hybridized carbons (Fsp3) is 0.667. The SMILES string of the molecule is CCN(C)C(C)c1cnc(C)s1. The van der Waals surface area contributed by atoms with Gasteiger partial charge in [0, 0.05) is 17.1 Å². The maximum absolute atomic E-state index is 4.25. The highest BCUT2D eigenvalue weighted by molar-refractivity contribution is 7.11. The van der Waals surface area contributed by atoms with Crippen molar-refractivity contribution < 1.29 is 0 Å². The van der Waals surface area contributed by atoms with Crippen molar-refractivity contribution in [3.63, 3.8) is 0 Å². The van der Waals surface area contributed by atoms with E-state index in [4.69, 9.17) is 0 Å². The van der Waals surface area contributed by atoms with Crippen molar-refractivity contribution in [2.45, 2.75) is 26.8 Å². The lowest BCUT2D eigenvalue weighted by Crippen LogP contribution is -2.20. The van der Waals surface area contributed by atoms with Crippen LogP contribution in [0.3, 0.4) is 0 Å². The van der Waals surface area contributed by atoms with E-state index >= 15 is 0 Å². The molecular formula is C9H16N2S. The van der Waals surface area contributed by atoms with Gasteiger partial charge in [-0.05, 0) is 27.4 Å². The molecule has 0 saturated carbocycles. The topological polar surface area (TPSA) is 16.1 Å². The highest BCUT2D eigenvalue weighted by Crippen LogP contribution is 2.23. The third kappa shape index (κ3) is 2.05. The zero-order chi connectivity index (χ0) is 9.14. The van der Waals surface area contributed by atoms with Crippen LogP contribution in [0.4, 0.5) is 0 Å². The van der Waals surface area contributed by atoms with E-state index < -0.39 is 0 Å². The van der Waals surface area contributed by atoms with Crippen LogP contribution in [0, 0.1) is 6.92 Å². The zero-order valence-electron chi connectivity index (χ0n) is 8.16. The summed E-state index contributed by atoms with van der Waals surface area (Å²) in [5.74, 6) is 0. The molecule has 0 aliphatic carbocycles. The van der Waals surface area contributed by atoms with E-state index in [1.165, 1.54) is 4.88 Å². The summed E-state index contributed by atoms with van der Waals surface area (Å²) in [6, 6.07) is 0.501. The van der Waals surface area contributed by atoms with Gasteiger partial charge in [-0.25, -0.2) is 4.98 Å². The first kappa shape index (κ1) is 9.68. The molecule has 2 nitrogen and oxygen atoms in total. The van der Waals surface area contributed by atoms with Crippen molar-refractivity contribution in [2.75, 3.05) is 13.6 Å². The predicted molar refractivity (Wildman–Crippen MR) is 53.6 cm³/mol. The summed E-state index contributed by atoms with van der Waals surface area (Å²) < 4.78 is 0. The molecule has 1 atom stereocenters. The molecule has 0 bridgehead atoms. The Kier molecular flexibility index (Phi) is 3.23. The summed E-state index contributed by atoms with van der Waals surface area (Å²) in [5, 5.41) is 1.15. The molecule has 1 unspecified atom stereocenters. The quantitative estimate of drug-likeness (QED) is 0.717. The van der Waals surface area contributed by atoms with Crippen molar-refractivity contribution >= 4 is 11.3 Å². The summed E-state index contributed by atoms with van der Waals surface area (Å²) in [7, 11) is 2.14. The minimum absolute atomic E-state index is 0.501. The molecule has 0 spiro atoms. The largest absolute Gasteiger partial charge is 0.299 e. The van der Waals surface area contributed by atoms with E-state index in [9.17, 15) is 0 Å². The molecule has 12 heavy (non-hydrogen) atoms. The lowest BCUT2D eigenvalue weighted by atomic mass is 10.3. The van der Waals surface area contributed by atoms with Gasteiger partial charge in [0.2, 0.25) is 0 Å². The van der Waals surface area contributed by atoms with Gasteiger partial charge in [-0.15, -0.1) is 11.3 Å². The van der Waals surface area contributed by atoms with Crippen molar-refractivity contribution in [2.24, 2.45) is 0 Å². The minimum Gasteiger partial charge on any atom is -0.299 e. The van der Waals surface area contributed by atoms with Crippen LogP contribution in [-0.4, -0.2) is 23.5 Å². The summed E-state index contributed by atoms with van der Waals surface area (Å²) in [5.41, 5.74) is 0. The Morgan fingerprint density at radius 3 is 2.75 bits per heavy atom. The first-order valence-electron chi connectivity index (χ1n) is 4.27. The molecule has 68 valence electrons. The normalized spacial score (nSPS) is 13.8. The predicted octanol–water partition coefficient (Wildman–Crippen LogP) is 2.46. The van der Waals surface area contributed by atoms with E-state index in [1.54, 1.807) is 11.3 Å². The smallest absolute Gasteiger partial charge is 0.0897 e. The molecule has 0 aromatic carbocycles. The van der Waals surface area contributed by atoms with Gasteiger partial charge in [-0.1, -0.05) is 6.92 Å². The molecular weight excluding hydrogens is 168 g/mol. The number of aryl methyl sites for hydroxylation is 1. The second kappa shape index (κ2) is 4.01. The number of hydrogen-bond donors (Lipinski definition) is 0. The molecule has 1 heterocycles. The lowest BCUT2D eigenvalue weighted by Gasteiger charge is -2.21. The van der Waals surface area contributed by atoms with Crippen LogP contribution in [0.25, 0.3) is 0 Å². The van der Waals surface area contributed by atoms with Crippen LogP contribution in [0.1, 0.15) is 29.8 Å². The maximum atomic E-state index is 4.25. The van der Waals surface area contributed by atoms with Gasteiger partial charge >= 0.3 is 0 Å². The molecule has 0 fully saturated rings. The standard InChI is InChI=1S/C9H16N2S/c1-5-11(4)7(2)9-6-10-8(3)12-9/h6-7H,5H2,1-4H3. The summed E-state index contributed by atoms with van der Waals surface area (Å²) in [4.78, 5) is 7.92. The molecule has 0 aliphatic rings. The number of aromatic nitrogens is 1. The Morgan fingerprint density at radius 1 is 1.67 bits per heavy atom. The highest BCUT2D eigenvalue weighted by atomic mass is 32.1. The van der Waals surface area contributed by atoms with Gasteiger partial charge in [-0.3, -0.25) is 4.90 Å². The van der Waals surface area contributed by atoms with Crippen molar-refractivity contribution in [1.82, 2.24) is 9.88 Å². The van der Waals surface area contributed by atoms with Gasteiger partial charge in [0.05, 0.1) is 5.01 Å². The second-order valence-corrected chi connectivity index (χ2v) is 4.30. The molecule has 0 saturated heterocycles. The molecule has 1 aromatic heterocycles. The number of hydrogen-bond acceptors (Lipinski definition) is 3. The van der Waals surface area contributed by atoms with Crippen LogP contribution in [0.2, 0.25) is 0 Å². The lowest BCUT2D eigenvalue weighted by molar-refractivity contribution is 0.279. The second-order valence-electron chi connectivity index (χ2n) is 3.03. The average molecular weight is 184 g/mol. The fourth-order valence-electron chi connectivity index (χ4n) is 1.06. The Hall–Kier alpha value is -0.410. The highest BCUT2D eigenvalue weighted by Gasteiger charge is 2.11. The van der Waals surface area contributed by atoms with Gasteiger partial charge < -0.3 is 0 Å². The Bertz CT molecular complexity index is 244. The van der Waals surface area contributed by atoms with E-state index in [2.05, 4.69) is 30.8 Å². The van der Waals surface area contributed by atoms with Crippen LogP contribution in [0.5, 0.6) is 0 Å². The molecule has 0 radical (unpaired) electrons. The Morgan fingerprint density at radius 2 is 2.33 bits per heavy atom. The third-order valence-electron chi connectivity index (χ3n) is 2.21. The molecule has 0 aliphatic heterocycles. The van der Waals surface area contributed by atoms with Crippen molar-refractivity contribution in [3.05, 3.63) is 16.1 Å². The van der Waals surface area contributed by atoms with E-state index in [-0.39, 0.29) is 0 Å².